The average molecular weight is 479 g/mol. The number of benzene rings is 2. The molecular formula is C30H42N2O3. The Morgan fingerprint density at radius 3 is 2.31 bits per heavy atom. The van der Waals surface area contributed by atoms with Crippen molar-refractivity contribution in [3.8, 4) is 5.75 Å². The minimum Gasteiger partial charge on any atom is -0.483 e. The molecule has 5 heteroatoms. The number of hydrogen-bond acceptors (Lipinski definition) is 3. The summed E-state index contributed by atoms with van der Waals surface area (Å²) in [4.78, 5) is 28.6. The molecule has 1 aliphatic rings. The van der Waals surface area contributed by atoms with Gasteiger partial charge in [0.25, 0.3) is 5.91 Å². The van der Waals surface area contributed by atoms with Gasteiger partial charge in [-0.1, -0.05) is 95.0 Å². The van der Waals surface area contributed by atoms with Crippen LogP contribution in [0, 0.1) is 6.92 Å². The van der Waals surface area contributed by atoms with Crippen molar-refractivity contribution in [2.24, 2.45) is 0 Å². The maximum Gasteiger partial charge on any atom is 0.261 e. The summed E-state index contributed by atoms with van der Waals surface area (Å²) in [6.07, 6.45) is 6.11. The molecule has 2 amide bonds. The fourth-order valence-corrected chi connectivity index (χ4v) is 4.79. The number of nitrogens with zero attached hydrogens (tertiary/aromatic N) is 1. The van der Waals surface area contributed by atoms with E-state index >= 15 is 0 Å². The molecule has 0 aromatic heterocycles. The van der Waals surface area contributed by atoms with Gasteiger partial charge in [0.2, 0.25) is 5.91 Å². The van der Waals surface area contributed by atoms with E-state index in [1.165, 1.54) is 6.42 Å². The quantitative estimate of drug-likeness (QED) is 0.486. The smallest absolute Gasteiger partial charge is 0.261 e. The Morgan fingerprint density at radius 2 is 1.69 bits per heavy atom. The highest BCUT2D eigenvalue weighted by Gasteiger charge is 2.31. The SMILES string of the molecule is CC[C@@H](C(=O)NC1CCCCC1)N(Cc1ccc(C)cc1)C(=O)COc1ccccc1C(C)(C)C. The van der Waals surface area contributed by atoms with Crippen LogP contribution in [0.25, 0.3) is 0 Å². The molecule has 0 spiro atoms. The van der Waals surface area contributed by atoms with E-state index in [-0.39, 0.29) is 29.9 Å². The van der Waals surface area contributed by atoms with Gasteiger partial charge in [0.05, 0.1) is 0 Å². The second kappa shape index (κ2) is 12.2. The standard InChI is InChI=1S/C30H42N2O3/c1-6-26(29(34)31-24-12-8-7-9-13-24)32(20-23-18-16-22(2)17-19-23)28(33)21-35-27-15-11-10-14-25(27)30(3,4)5/h10-11,14-19,24,26H,6-9,12-13,20-21H2,1-5H3,(H,31,34)/t26-/m0/s1. The summed E-state index contributed by atoms with van der Waals surface area (Å²) in [7, 11) is 0. The van der Waals surface area contributed by atoms with Gasteiger partial charge in [-0.25, -0.2) is 0 Å². The molecule has 3 rings (SSSR count). The van der Waals surface area contributed by atoms with Crippen molar-refractivity contribution in [3.05, 3.63) is 65.2 Å². The molecule has 1 N–H and O–H groups in total. The molecule has 1 fully saturated rings. The molecule has 0 bridgehead atoms. The van der Waals surface area contributed by atoms with E-state index in [1.54, 1.807) is 4.90 Å². The van der Waals surface area contributed by atoms with Gasteiger partial charge >= 0.3 is 0 Å². The maximum absolute atomic E-state index is 13.6. The van der Waals surface area contributed by atoms with Crippen LogP contribution in [0.4, 0.5) is 0 Å². The normalized spacial score (nSPS) is 15.3. The van der Waals surface area contributed by atoms with Crippen LogP contribution in [0.1, 0.15) is 82.9 Å². The van der Waals surface area contributed by atoms with Crippen LogP contribution < -0.4 is 10.1 Å². The Kier molecular flexibility index (Phi) is 9.36. The van der Waals surface area contributed by atoms with Crippen LogP contribution in [0.3, 0.4) is 0 Å². The highest BCUT2D eigenvalue weighted by molar-refractivity contribution is 5.88. The van der Waals surface area contributed by atoms with Crippen molar-refractivity contribution < 1.29 is 14.3 Å². The third-order valence-corrected chi connectivity index (χ3v) is 6.86. The van der Waals surface area contributed by atoms with E-state index in [0.29, 0.717) is 18.7 Å². The third kappa shape index (κ3) is 7.58. The van der Waals surface area contributed by atoms with Crippen LogP contribution in [0.5, 0.6) is 5.75 Å². The number of hydrogen-bond donors (Lipinski definition) is 1. The van der Waals surface area contributed by atoms with E-state index in [1.807, 2.05) is 62.4 Å². The molecule has 2 aromatic carbocycles. The van der Waals surface area contributed by atoms with E-state index < -0.39 is 6.04 Å². The van der Waals surface area contributed by atoms with Crippen LogP contribution in [0.15, 0.2) is 48.5 Å². The first kappa shape index (κ1) is 26.8. The molecule has 1 saturated carbocycles. The summed E-state index contributed by atoms with van der Waals surface area (Å²) in [6, 6.07) is 15.7. The predicted molar refractivity (Wildman–Crippen MR) is 141 cm³/mol. The number of nitrogens with one attached hydrogen (secondary N) is 1. The molecule has 0 aliphatic heterocycles. The Morgan fingerprint density at radius 1 is 1.03 bits per heavy atom. The van der Waals surface area contributed by atoms with Crippen LogP contribution >= 0.6 is 0 Å². The molecule has 0 saturated heterocycles. The first-order valence-electron chi connectivity index (χ1n) is 13.1. The molecule has 1 aliphatic carbocycles. The van der Waals surface area contributed by atoms with Gasteiger partial charge in [-0.2, -0.15) is 0 Å². The largest absolute Gasteiger partial charge is 0.483 e. The Bertz CT molecular complexity index is 972. The lowest BCUT2D eigenvalue weighted by atomic mass is 9.86. The summed E-state index contributed by atoms with van der Waals surface area (Å²) < 4.78 is 6.06. The minimum absolute atomic E-state index is 0.0602. The van der Waals surface area contributed by atoms with Crippen LogP contribution in [0.2, 0.25) is 0 Å². The lowest BCUT2D eigenvalue weighted by Crippen LogP contribution is -2.52. The summed E-state index contributed by atoms with van der Waals surface area (Å²) in [5.74, 6) is 0.471. The summed E-state index contributed by atoms with van der Waals surface area (Å²) in [6.45, 7) is 10.7. The van der Waals surface area contributed by atoms with E-state index in [2.05, 4.69) is 26.1 Å². The van der Waals surface area contributed by atoms with Gasteiger partial charge in [0.1, 0.15) is 11.8 Å². The Labute approximate surface area is 211 Å². The molecular weight excluding hydrogens is 436 g/mol. The zero-order valence-corrected chi connectivity index (χ0v) is 22.1. The number of ether oxygens (including phenoxy) is 1. The number of amides is 2. The fraction of sp³-hybridized carbons (Fsp3) is 0.533. The van der Waals surface area contributed by atoms with Gasteiger partial charge in [0.15, 0.2) is 6.61 Å². The minimum atomic E-state index is -0.535. The van der Waals surface area contributed by atoms with E-state index in [0.717, 1.165) is 42.4 Å². The lowest BCUT2D eigenvalue weighted by molar-refractivity contribution is -0.143. The van der Waals surface area contributed by atoms with Crippen molar-refractivity contribution in [2.75, 3.05) is 6.61 Å². The van der Waals surface area contributed by atoms with Crippen molar-refractivity contribution in [1.29, 1.82) is 0 Å². The average Bonchev–Trinajstić information content (AvgIpc) is 2.84. The number of carbonyl (C=O) groups excluding carboxylic acids is 2. The first-order chi connectivity index (χ1) is 16.7. The molecule has 5 nitrogen and oxygen atoms in total. The Hall–Kier alpha value is -2.82. The van der Waals surface area contributed by atoms with Gasteiger partial charge in [0, 0.05) is 12.6 Å². The molecule has 35 heavy (non-hydrogen) atoms. The zero-order chi connectivity index (χ0) is 25.4. The zero-order valence-electron chi connectivity index (χ0n) is 22.1. The molecule has 2 aromatic rings. The van der Waals surface area contributed by atoms with Gasteiger partial charge in [-0.05, 0) is 48.8 Å². The van der Waals surface area contributed by atoms with E-state index in [9.17, 15) is 9.59 Å². The van der Waals surface area contributed by atoms with Crippen molar-refractivity contribution in [1.82, 2.24) is 10.2 Å². The molecule has 0 heterocycles. The van der Waals surface area contributed by atoms with Gasteiger partial charge in [-0.3, -0.25) is 9.59 Å². The van der Waals surface area contributed by atoms with Crippen molar-refractivity contribution in [2.45, 2.75) is 97.2 Å². The van der Waals surface area contributed by atoms with Crippen molar-refractivity contribution in [3.63, 3.8) is 0 Å². The topological polar surface area (TPSA) is 58.6 Å². The summed E-state index contributed by atoms with van der Waals surface area (Å²) >= 11 is 0. The fourth-order valence-electron chi connectivity index (χ4n) is 4.79. The summed E-state index contributed by atoms with van der Waals surface area (Å²) in [5, 5.41) is 3.23. The number of carbonyl (C=O) groups is 2. The number of aryl methyl sites for hydroxylation is 1. The van der Waals surface area contributed by atoms with E-state index in [4.69, 9.17) is 4.74 Å². The van der Waals surface area contributed by atoms with Gasteiger partial charge < -0.3 is 15.0 Å². The predicted octanol–water partition coefficient (Wildman–Crippen LogP) is 5.93. The second-order valence-electron chi connectivity index (χ2n) is 10.8. The molecule has 0 radical (unpaired) electrons. The van der Waals surface area contributed by atoms with Gasteiger partial charge in [-0.15, -0.1) is 0 Å². The summed E-state index contributed by atoms with van der Waals surface area (Å²) in [5.41, 5.74) is 3.12. The number of para-hydroxylation sites is 1. The van der Waals surface area contributed by atoms with Crippen molar-refractivity contribution >= 4 is 11.8 Å². The number of rotatable bonds is 9. The highest BCUT2D eigenvalue weighted by atomic mass is 16.5. The molecule has 0 unspecified atom stereocenters. The second-order valence-corrected chi connectivity index (χ2v) is 10.8. The molecule has 190 valence electrons. The van der Waals surface area contributed by atoms with Crippen LogP contribution in [-0.4, -0.2) is 35.4 Å². The van der Waals surface area contributed by atoms with Crippen LogP contribution in [-0.2, 0) is 21.5 Å². The maximum atomic E-state index is 13.6. The third-order valence-electron chi connectivity index (χ3n) is 6.86. The first-order valence-corrected chi connectivity index (χ1v) is 13.1. The monoisotopic (exact) mass is 478 g/mol. The highest BCUT2D eigenvalue weighted by Crippen LogP contribution is 2.31. The lowest BCUT2D eigenvalue weighted by Gasteiger charge is -2.33. The molecule has 1 atom stereocenters. The Balaban J connectivity index is 1.79.